The number of hydrogen-bond acceptors (Lipinski definition) is 1. The Morgan fingerprint density at radius 3 is 1.50 bits per heavy atom. The third kappa shape index (κ3) is 11.0. The van der Waals surface area contributed by atoms with Crippen molar-refractivity contribution < 1.29 is 15.0 Å². The summed E-state index contributed by atoms with van der Waals surface area (Å²) < 4.78 is 9.30. The van der Waals surface area contributed by atoms with Gasteiger partial charge in [0, 0.05) is 0 Å². The molecule has 0 amide bonds. The molecule has 0 atom stereocenters. The van der Waals surface area contributed by atoms with Crippen LogP contribution >= 0.6 is 14.7 Å². The van der Waals surface area contributed by atoms with Crippen molar-refractivity contribution in [2.75, 3.05) is 0 Å². The molecule has 0 aromatic rings. The molecule has 0 aliphatic heterocycles. The standard InChI is InChI=1S/Ni.O.2P. The molecule has 0 saturated carbocycles. The van der Waals surface area contributed by atoms with Gasteiger partial charge in [0.05, 0.1) is 0 Å². The molecule has 0 rings (SSSR count). The first-order valence-corrected chi connectivity index (χ1v) is 4.03. The van der Waals surface area contributed by atoms with Crippen molar-refractivity contribution in [1.29, 1.82) is 0 Å². The quantitative estimate of drug-likeness (QED) is 0.365. The number of rotatable bonds is 0. The van der Waals surface area contributed by atoms with E-state index in [0.29, 0.717) is 0 Å². The fourth-order valence-electron chi connectivity index (χ4n) is 0. The first-order chi connectivity index (χ1) is 1.73. The van der Waals surface area contributed by atoms with Crippen molar-refractivity contribution in [3.05, 3.63) is 0 Å². The van der Waals surface area contributed by atoms with Crippen molar-refractivity contribution in [2.45, 2.75) is 0 Å². The van der Waals surface area contributed by atoms with Gasteiger partial charge in [0.15, 0.2) is 0 Å². The molecular weight excluding hydrogens is 137 g/mol. The first-order valence-electron chi connectivity index (χ1n) is 0.412. The predicted octanol–water partition coefficient (Wildman–Crippen LogP) is 1.60. The third-order valence-electron chi connectivity index (χ3n) is 0. The molecule has 0 heterocycles. The Hall–Kier alpha value is 1.15. The Kier molecular flexibility index (Phi) is 3.08. The van der Waals surface area contributed by atoms with Gasteiger partial charge < -0.3 is 0 Å². The molecule has 0 aliphatic carbocycles. The fourth-order valence-corrected chi connectivity index (χ4v) is 0. The summed E-state index contributed by atoms with van der Waals surface area (Å²) in [4.78, 5) is 0. The summed E-state index contributed by atoms with van der Waals surface area (Å²) in [6.45, 7) is 0. The normalized spacial score (nSPS) is 7.75. The molecule has 0 aromatic carbocycles. The molecular formula is NiOP2. The summed E-state index contributed by atoms with van der Waals surface area (Å²) in [6, 6.07) is 0. The maximum absolute atomic E-state index is 9.30. The van der Waals surface area contributed by atoms with Crippen LogP contribution in [-0.2, 0) is 15.0 Å². The Balaban J connectivity index is 5.99. The van der Waals surface area contributed by atoms with E-state index in [1.54, 1.807) is 0 Å². The summed E-state index contributed by atoms with van der Waals surface area (Å²) >= 11 is -1.32. The van der Waals surface area contributed by atoms with Gasteiger partial charge in [0.2, 0.25) is 0 Å². The second-order valence-electron chi connectivity index (χ2n) is 0.179. The third-order valence-corrected chi connectivity index (χ3v) is 0. The van der Waals surface area contributed by atoms with E-state index in [1.807, 2.05) is 0 Å². The van der Waals surface area contributed by atoms with Crippen molar-refractivity contribution in [2.24, 2.45) is 0 Å². The molecule has 1 nitrogen and oxygen atoms in total. The van der Waals surface area contributed by atoms with Crippen LogP contribution in [0.15, 0.2) is 0 Å². The maximum atomic E-state index is 9.30. The van der Waals surface area contributed by atoms with Crippen molar-refractivity contribution in [3.63, 3.8) is 0 Å². The minimum absolute atomic E-state index is 1.32. The Morgan fingerprint density at radius 1 is 1.50 bits per heavy atom. The van der Waals surface area contributed by atoms with Crippen LogP contribution < -0.4 is 0 Å². The molecule has 0 unspecified atom stereocenters. The monoisotopic (exact) mass is 136 g/mol. The Bertz CT molecular complexity index is 188. The van der Waals surface area contributed by atoms with Crippen LogP contribution in [0.2, 0.25) is 0 Å². The van der Waals surface area contributed by atoms with E-state index in [1.165, 1.54) is 0 Å². The summed E-state index contributed by atoms with van der Waals surface area (Å²) in [5, 5.41) is 0. The molecule has 0 N–H and O–H groups in total. The topological polar surface area (TPSA) is 17.1 Å². The van der Waals surface area contributed by atoms with Crippen LogP contribution in [-0.4, -0.2) is 0 Å². The van der Waals surface area contributed by atoms with Crippen LogP contribution in [0.1, 0.15) is 0 Å². The molecule has 26 valence electrons. The predicted molar refractivity (Wildman–Crippen MR) is 14.5 cm³/mol. The van der Waals surface area contributed by atoms with Crippen LogP contribution in [0, 0.1) is 0 Å². The Morgan fingerprint density at radius 2 is 1.50 bits per heavy atom. The fraction of sp³-hybridized carbons (Fsp3) is 0. The van der Waals surface area contributed by atoms with Gasteiger partial charge in [0.25, 0.3) is 0 Å². The molecule has 0 radical (unpaired) electrons. The average Bonchev–Trinajstić information content (AvgIpc) is 0.811. The molecule has 0 spiro atoms. The van der Waals surface area contributed by atoms with Crippen LogP contribution in [0.25, 0.3) is 0 Å². The van der Waals surface area contributed by atoms with Crippen LogP contribution in [0.5, 0.6) is 0 Å². The average molecular weight is 137 g/mol. The van der Waals surface area contributed by atoms with Gasteiger partial charge >= 0.3 is 29.7 Å². The second kappa shape index (κ2) is 2.39. The van der Waals surface area contributed by atoms with E-state index in [0.717, 1.165) is 0 Å². The van der Waals surface area contributed by atoms with E-state index >= 15 is 0 Å². The van der Waals surface area contributed by atoms with E-state index in [2.05, 4.69) is 14.7 Å². The first kappa shape index (κ1) is 5.15. The van der Waals surface area contributed by atoms with Gasteiger partial charge in [0.1, 0.15) is 0 Å². The molecule has 4 heteroatoms. The van der Waals surface area contributed by atoms with Crippen molar-refractivity contribution in [1.82, 2.24) is 0 Å². The molecule has 0 bridgehead atoms. The van der Waals surface area contributed by atoms with E-state index in [-0.39, 0.29) is 0 Å². The summed E-state index contributed by atoms with van der Waals surface area (Å²) in [7, 11) is 6.63. The van der Waals surface area contributed by atoms with Crippen molar-refractivity contribution >= 4 is 14.7 Å². The molecule has 0 saturated heterocycles. The molecule has 0 fully saturated rings. The summed E-state index contributed by atoms with van der Waals surface area (Å²) in [5.74, 6) is 0. The zero-order valence-electron chi connectivity index (χ0n) is 1.62. The second-order valence-corrected chi connectivity index (χ2v) is 3.78. The van der Waals surface area contributed by atoms with E-state index in [9.17, 15) is 3.90 Å². The van der Waals surface area contributed by atoms with Gasteiger partial charge in [-0.3, -0.25) is 0 Å². The molecule has 0 aliphatic rings. The van der Waals surface area contributed by atoms with Gasteiger partial charge in [-0.05, 0) is 0 Å². The summed E-state index contributed by atoms with van der Waals surface area (Å²) in [6.07, 6.45) is 0. The van der Waals surface area contributed by atoms with Crippen molar-refractivity contribution in [3.8, 4) is 0 Å². The van der Waals surface area contributed by atoms with Gasteiger partial charge in [-0.25, -0.2) is 0 Å². The number of hydrogen-bond donors (Lipinski definition) is 0. The Labute approximate surface area is 30.4 Å². The van der Waals surface area contributed by atoms with Gasteiger partial charge in [-0.1, -0.05) is 0 Å². The van der Waals surface area contributed by atoms with Gasteiger partial charge in [-0.15, -0.1) is 0 Å². The zero-order chi connectivity index (χ0) is 3.58. The minimum atomic E-state index is -1.32. The van der Waals surface area contributed by atoms with Crippen LogP contribution in [0.3, 0.4) is 0 Å². The SMILES string of the molecule is [O]=[Ni](#[P])#[P]. The molecule has 4 heavy (non-hydrogen) atoms. The molecule has 0 aromatic heterocycles. The van der Waals surface area contributed by atoms with Crippen LogP contribution in [0.4, 0.5) is 0 Å². The summed E-state index contributed by atoms with van der Waals surface area (Å²) in [5.41, 5.74) is 0. The van der Waals surface area contributed by atoms with Gasteiger partial charge in [-0.2, -0.15) is 0 Å². The zero-order valence-corrected chi connectivity index (χ0v) is 4.40. The van der Waals surface area contributed by atoms with E-state index in [4.69, 9.17) is 0 Å². The van der Waals surface area contributed by atoms with E-state index < -0.39 is 11.1 Å².